The lowest BCUT2D eigenvalue weighted by Gasteiger charge is -2.35. The van der Waals surface area contributed by atoms with Gasteiger partial charge in [-0.25, -0.2) is 4.79 Å². The number of carbonyl (C=O) groups excluding carboxylic acids is 2. The van der Waals surface area contributed by atoms with Gasteiger partial charge >= 0.3 is 6.09 Å². The number of hydrogen-bond donors (Lipinski definition) is 1. The van der Waals surface area contributed by atoms with E-state index in [9.17, 15) is 9.59 Å². The Morgan fingerprint density at radius 1 is 1.18 bits per heavy atom. The SMILES string of the molecule is CNC(=O)COC(=O)N1CCN(c2ccccc2OC)CC1. The number of carbonyl (C=O) groups is 2. The number of nitrogens with zero attached hydrogens (tertiary/aromatic N) is 2. The molecule has 0 radical (unpaired) electrons. The molecule has 1 fully saturated rings. The van der Waals surface area contributed by atoms with Crippen molar-refractivity contribution in [3.63, 3.8) is 0 Å². The quantitative estimate of drug-likeness (QED) is 0.886. The molecule has 0 spiro atoms. The van der Waals surface area contributed by atoms with Crippen LogP contribution in [-0.4, -0.2) is 63.8 Å². The van der Waals surface area contributed by atoms with Crippen LogP contribution in [-0.2, 0) is 9.53 Å². The van der Waals surface area contributed by atoms with Crippen molar-refractivity contribution in [2.75, 3.05) is 51.8 Å². The molecule has 0 aromatic heterocycles. The second-order valence-electron chi connectivity index (χ2n) is 4.87. The Hall–Kier alpha value is -2.44. The van der Waals surface area contributed by atoms with Crippen molar-refractivity contribution in [3.05, 3.63) is 24.3 Å². The number of ether oxygens (including phenoxy) is 2. The predicted molar refractivity (Wildman–Crippen MR) is 82.2 cm³/mol. The maximum Gasteiger partial charge on any atom is 0.410 e. The molecule has 0 aliphatic carbocycles. The minimum atomic E-state index is -0.455. The molecule has 120 valence electrons. The van der Waals surface area contributed by atoms with Crippen LogP contribution in [0.1, 0.15) is 0 Å². The van der Waals surface area contributed by atoms with Crippen LogP contribution in [0.2, 0.25) is 0 Å². The van der Waals surface area contributed by atoms with Gasteiger partial charge in [-0.2, -0.15) is 0 Å². The van der Waals surface area contributed by atoms with Gasteiger partial charge in [0, 0.05) is 33.2 Å². The summed E-state index contributed by atoms with van der Waals surface area (Å²) in [5.74, 6) is 0.499. The van der Waals surface area contributed by atoms with Gasteiger partial charge in [-0.15, -0.1) is 0 Å². The first-order valence-corrected chi connectivity index (χ1v) is 7.16. The molecule has 7 heteroatoms. The number of likely N-dealkylation sites (N-methyl/N-ethyl adjacent to an activating group) is 1. The largest absolute Gasteiger partial charge is 0.495 e. The number of hydrogen-bond acceptors (Lipinski definition) is 5. The van der Waals surface area contributed by atoms with E-state index in [1.165, 1.54) is 7.05 Å². The van der Waals surface area contributed by atoms with Crippen LogP contribution in [0.4, 0.5) is 10.5 Å². The molecule has 1 aliphatic rings. The fourth-order valence-corrected chi connectivity index (χ4v) is 2.31. The lowest BCUT2D eigenvalue weighted by molar-refractivity contribution is -0.123. The highest BCUT2D eigenvalue weighted by atomic mass is 16.6. The molecule has 1 aromatic rings. The van der Waals surface area contributed by atoms with Crippen molar-refractivity contribution < 1.29 is 19.1 Å². The molecule has 1 N–H and O–H groups in total. The van der Waals surface area contributed by atoms with E-state index in [0.29, 0.717) is 26.2 Å². The molecular formula is C15H21N3O4. The standard InChI is InChI=1S/C15H21N3O4/c1-16-14(19)11-22-15(20)18-9-7-17(8-10-18)12-5-3-4-6-13(12)21-2/h3-6H,7-11H2,1-2H3,(H,16,19). The summed E-state index contributed by atoms with van der Waals surface area (Å²) >= 11 is 0. The van der Waals surface area contributed by atoms with Crippen LogP contribution >= 0.6 is 0 Å². The van der Waals surface area contributed by atoms with Crippen LogP contribution in [0.3, 0.4) is 0 Å². The summed E-state index contributed by atoms with van der Waals surface area (Å²) in [4.78, 5) is 26.7. The van der Waals surface area contributed by atoms with E-state index in [1.807, 2.05) is 24.3 Å². The van der Waals surface area contributed by atoms with Crippen LogP contribution in [0.15, 0.2) is 24.3 Å². The van der Waals surface area contributed by atoms with Crippen LogP contribution in [0, 0.1) is 0 Å². The lowest BCUT2D eigenvalue weighted by Crippen LogP contribution is -2.49. The predicted octanol–water partition coefficient (Wildman–Crippen LogP) is 0.700. The number of anilines is 1. The van der Waals surface area contributed by atoms with Crippen molar-refractivity contribution in [1.29, 1.82) is 0 Å². The molecule has 0 bridgehead atoms. The van der Waals surface area contributed by atoms with Gasteiger partial charge < -0.3 is 24.6 Å². The third kappa shape index (κ3) is 3.81. The first-order chi connectivity index (χ1) is 10.7. The minimum absolute atomic E-state index is 0.248. The second kappa shape index (κ2) is 7.53. The summed E-state index contributed by atoms with van der Waals surface area (Å²) in [5, 5.41) is 2.41. The number of benzene rings is 1. The van der Waals surface area contributed by atoms with Crippen LogP contribution < -0.4 is 15.0 Å². The number of para-hydroxylation sites is 2. The number of methoxy groups -OCH3 is 1. The number of nitrogens with one attached hydrogen (secondary N) is 1. The number of piperazine rings is 1. The van der Waals surface area contributed by atoms with Gasteiger partial charge in [0.15, 0.2) is 6.61 Å². The maximum absolute atomic E-state index is 11.9. The van der Waals surface area contributed by atoms with Crippen LogP contribution in [0.5, 0.6) is 5.75 Å². The Kier molecular flexibility index (Phi) is 5.46. The molecule has 0 unspecified atom stereocenters. The Bertz CT molecular complexity index is 527. The molecule has 1 saturated heterocycles. The Balaban J connectivity index is 1.87. The molecule has 1 aromatic carbocycles. The smallest absolute Gasteiger partial charge is 0.410 e. The van der Waals surface area contributed by atoms with Crippen molar-refractivity contribution in [2.24, 2.45) is 0 Å². The monoisotopic (exact) mass is 307 g/mol. The van der Waals surface area contributed by atoms with E-state index in [-0.39, 0.29) is 12.5 Å². The van der Waals surface area contributed by atoms with E-state index in [2.05, 4.69) is 10.2 Å². The summed E-state index contributed by atoms with van der Waals surface area (Å²) in [5.41, 5.74) is 1.02. The van der Waals surface area contributed by atoms with Gasteiger partial charge in [-0.05, 0) is 12.1 Å². The summed E-state index contributed by atoms with van der Waals surface area (Å²) in [6, 6.07) is 7.80. The fourth-order valence-electron chi connectivity index (χ4n) is 2.31. The summed E-state index contributed by atoms with van der Waals surface area (Å²) in [6.07, 6.45) is -0.455. The molecule has 22 heavy (non-hydrogen) atoms. The van der Waals surface area contributed by atoms with Gasteiger partial charge in [0.1, 0.15) is 5.75 Å². The lowest BCUT2D eigenvalue weighted by atomic mass is 10.2. The Labute approximate surface area is 129 Å². The highest BCUT2D eigenvalue weighted by molar-refractivity contribution is 5.79. The van der Waals surface area contributed by atoms with E-state index in [0.717, 1.165) is 11.4 Å². The highest BCUT2D eigenvalue weighted by Crippen LogP contribution is 2.28. The molecule has 0 saturated carbocycles. The highest BCUT2D eigenvalue weighted by Gasteiger charge is 2.24. The fraction of sp³-hybridized carbons (Fsp3) is 0.467. The maximum atomic E-state index is 11.9. The van der Waals surface area contributed by atoms with Gasteiger partial charge in [0.2, 0.25) is 0 Å². The third-order valence-corrected chi connectivity index (χ3v) is 3.57. The average Bonchev–Trinajstić information content (AvgIpc) is 2.59. The van der Waals surface area contributed by atoms with Crippen molar-refractivity contribution in [2.45, 2.75) is 0 Å². The van der Waals surface area contributed by atoms with E-state index in [1.54, 1.807) is 12.0 Å². The topological polar surface area (TPSA) is 71.1 Å². The van der Waals surface area contributed by atoms with Gasteiger partial charge in [-0.3, -0.25) is 4.79 Å². The van der Waals surface area contributed by atoms with Crippen molar-refractivity contribution in [1.82, 2.24) is 10.2 Å². The normalized spacial score (nSPS) is 14.5. The zero-order valence-corrected chi connectivity index (χ0v) is 12.9. The Morgan fingerprint density at radius 3 is 2.50 bits per heavy atom. The first-order valence-electron chi connectivity index (χ1n) is 7.16. The summed E-state index contributed by atoms with van der Waals surface area (Å²) in [6.45, 7) is 2.22. The molecule has 1 heterocycles. The van der Waals surface area contributed by atoms with Crippen LogP contribution in [0.25, 0.3) is 0 Å². The van der Waals surface area contributed by atoms with E-state index >= 15 is 0 Å². The average molecular weight is 307 g/mol. The van der Waals surface area contributed by atoms with E-state index in [4.69, 9.17) is 9.47 Å². The molecular weight excluding hydrogens is 286 g/mol. The van der Waals surface area contributed by atoms with Gasteiger partial charge in [-0.1, -0.05) is 12.1 Å². The van der Waals surface area contributed by atoms with Crippen molar-refractivity contribution >= 4 is 17.7 Å². The first kappa shape index (κ1) is 15.9. The van der Waals surface area contributed by atoms with E-state index < -0.39 is 6.09 Å². The number of amides is 2. The van der Waals surface area contributed by atoms with Crippen molar-refractivity contribution in [3.8, 4) is 5.75 Å². The molecule has 2 rings (SSSR count). The minimum Gasteiger partial charge on any atom is -0.495 e. The zero-order valence-electron chi connectivity index (χ0n) is 12.9. The second-order valence-corrected chi connectivity index (χ2v) is 4.87. The summed E-state index contributed by atoms with van der Waals surface area (Å²) < 4.78 is 10.3. The molecule has 0 atom stereocenters. The molecule has 2 amide bonds. The third-order valence-electron chi connectivity index (χ3n) is 3.57. The van der Waals surface area contributed by atoms with Gasteiger partial charge in [0.25, 0.3) is 5.91 Å². The summed E-state index contributed by atoms with van der Waals surface area (Å²) in [7, 11) is 3.15. The molecule has 7 nitrogen and oxygen atoms in total. The number of rotatable bonds is 4. The Morgan fingerprint density at radius 2 is 1.86 bits per heavy atom. The van der Waals surface area contributed by atoms with Gasteiger partial charge in [0.05, 0.1) is 12.8 Å². The zero-order chi connectivity index (χ0) is 15.9. The molecule has 1 aliphatic heterocycles.